The Hall–Kier alpha value is -0.890. The molecular weight excluding hydrogens is 280 g/mol. The van der Waals surface area contributed by atoms with Crippen LogP contribution in [0.25, 0.3) is 0 Å². The summed E-state index contributed by atoms with van der Waals surface area (Å²) >= 11 is 0. The van der Waals surface area contributed by atoms with E-state index in [9.17, 15) is 8.42 Å². The molecule has 1 N–H and O–H groups in total. The van der Waals surface area contributed by atoms with Gasteiger partial charge in [0.05, 0.1) is 13.2 Å². The fourth-order valence-corrected chi connectivity index (χ4v) is 2.58. The molecule has 0 aliphatic rings. The third-order valence-corrected chi connectivity index (χ3v) is 4.47. The quantitative estimate of drug-likeness (QED) is 0.699. The van der Waals surface area contributed by atoms with Gasteiger partial charge < -0.3 is 14.5 Å². The van der Waals surface area contributed by atoms with Crippen molar-refractivity contribution in [3.05, 3.63) is 17.9 Å². The van der Waals surface area contributed by atoms with E-state index in [1.807, 2.05) is 20.8 Å². The van der Waals surface area contributed by atoms with Gasteiger partial charge in [0.2, 0.25) is 5.09 Å². The zero-order valence-corrected chi connectivity index (χ0v) is 13.4. The van der Waals surface area contributed by atoms with Crippen molar-refractivity contribution < 1.29 is 17.6 Å². The first-order chi connectivity index (χ1) is 9.37. The molecule has 0 saturated carbocycles. The molecule has 1 aromatic heterocycles. The topological polar surface area (TPSA) is 71.8 Å². The smallest absolute Gasteiger partial charge is 0.276 e. The maximum atomic E-state index is 12.2. The lowest BCUT2D eigenvalue weighted by atomic mass is 10.3. The zero-order valence-electron chi connectivity index (χ0n) is 12.5. The maximum absolute atomic E-state index is 12.2. The molecule has 0 atom stereocenters. The van der Waals surface area contributed by atoms with E-state index in [1.165, 1.54) is 17.4 Å². The first-order valence-electron chi connectivity index (χ1n) is 6.74. The van der Waals surface area contributed by atoms with E-state index in [4.69, 9.17) is 9.15 Å². The van der Waals surface area contributed by atoms with Gasteiger partial charge in [-0.2, -0.15) is 4.31 Å². The number of likely N-dealkylation sites (N-methyl/N-ethyl adjacent to an activating group) is 1. The molecule has 6 nitrogen and oxygen atoms in total. The van der Waals surface area contributed by atoms with Gasteiger partial charge in [0.15, 0.2) is 0 Å². The second-order valence-electron chi connectivity index (χ2n) is 4.78. The normalized spacial score (nSPS) is 12.5. The molecule has 1 rings (SSSR count). The van der Waals surface area contributed by atoms with Gasteiger partial charge in [0.25, 0.3) is 10.0 Å². The number of hydrogen-bond acceptors (Lipinski definition) is 5. The van der Waals surface area contributed by atoms with Crippen LogP contribution in [-0.2, 0) is 21.3 Å². The molecule has 0 spiro atoms. The van der Waals surface area contributed by atoms with Crippen LogP contribution in [0.4, 0.5) is 0 Å². The highest BCUT2D eigenvalue weighted by atomic mass is 32.2. The number of hydrogen-bond donors (Lipinski definition) is 1. The molecule has 7 heteroatoms. The fraction of sp³-hybridized carbons (Fsp3) is 0.692. The first kappa shape index (κ1) is 17.2. The molecule has 0 bridgehead atoms. The number of ether oxygens (including phenoxy) is 1. The van der Waals surface area contributed by atoms with E-state index in [0.717, 1.165) is 0 Å². The van der Waals surface area contributed by atoms with E-state index in [0.29, 0.717) is 38.1 Å². The highest BCUT2D eigenvalue weighted by Gasteiger charge is 2.24. The first-order valence-corrected chi connectivity index (χ1v) is 8.18. The van der Waals surface area contributed by atoms with Gasteiger partial charge >= 0.3 is 0 Å². The Morgan fingerprint density at radius 1 is 1.40 bits per heavy atom. The minimum Gasteiger partial charge on any atom is -0.447 e. The molecule has 0 aromatic carbocycles. The lowest BCUT2D eigenvalue weighted by Crippen LogP contribution is -2.30. The van der Waals surface area contributed by atoms with Gasteiger partial charge in [-0.25, -0.2) is 8.42 Å². The van der Waals surface area contributed by atoms with Gasteiger partial charge in [-0.05, 0) is 19.1 Å². The molecule has 1 heterocycles. The van der Waals surface area contributed by atoms with Gasteiger partial charge in [-0.1, -0.05) is 13.8 Å². The van der Waals surface area contributed by atoms with E-state index in [1.54, 1.807) is 6.07 Å². The number of furan rings is 1. The predicted molar refractivity (Wildman–Crippen MR) is 77.0 cm³/mol. The average molecular weight is 304 g/mol. The summed E-state index contributed by atoms with van der Waals surface area (Å²) in [6.07, 6.45) is 0. The summed E-state index contributed by atoms with van der Waals surface area (Å²) in [4.78, 5) is 0. The highest BCUT2D eigenvalue weighted by Crippen LogP contribution is 2.17. The molecule has 0 aliphatic heterocycles. The number of nitrogens with one attached hydrogen (secondary N) is 1. The van der Waals surface area contributed by atoms with Crippen LogP contribution >= 0.6 is 0 Å². The van der Waals surface area contributed by atoms with E-state index in [-0.39, 0.29) is 5.09 Å². The lowest BCUT2D eigenvalue weighted by Gasteiger charge is -2.15. The Bertz CT molecular complexity index is 496. The molecule has 0 radical (unpaired) electrons. The Kier molecular flexibility index (Phi) is 6.67. The van der Waals surface area contributed by atoms with Gasteiger partial charge in [-0.15, -0.1) is 0 Å². The van der Waals surface area contributed by atoms with Crippen molar-refractivity contribution in [3.8, 4) is 0 Å². The van der Waals surface area contributed by atoms with Crippen molar-refractivity contribution in [3.63, 3.8) is 0 Å². The summed E-state index contributed by atoms with van der Waals surface area (Å²) < 4.78 is 36.3. The summed E-state index contributed by atoms with van der Waals surface area (Å²) in [6.45, 7) is 7.65. The number of sulfonamides is 1. The fourth-order valence-electron chi connectivity index (χ4n) is 1.51. The lowest BCUT2D eigenvalue weighted by molar-refractivity contribution is 0.138. The predicted octanol–water partition coefficient (Wildman–Crippen LogP) is 1.43. The summed E-state index contributed by atoms with van der Waals surface area (Å²) in [7, 11) is -2.06. The van der Waals surface area contributed by atoms with Crippen LogP contribution < -0.4 is 5.32 Å². The third-order valence-electron chi connectivity index (χ3n) is 2.74. The van der Waals surface area contributed by atoms with Gasteiger partial charge in [0.1, 0.15) is 5.76 Å². The van der Waals surface area contributed by atoms with Crippen LogP contribution in [0.15, 0.2) is 21.6 Å². The van der Waals surface area contributed by atoms with Crippen LogP contribution in [0, 0.1) is 0 Å². The number of rotatable bonds is 9. The maximum Gasteiger partial charge on any atom is 0.276 e. The van der Waals surface area contributed by atoms with Crippen molar-refractivity contribution in [1.82, 2.24) is 9.62 Å². The Morgan fingerprint density at radius 3 is 2.70 bits per heavy atom. The van der Waals surface area contributed by atoms with Crippen molar-refractivity contribution >= 4 is 10.0 Å². The van der Waals surface area contributed by atoms with Crippen molar-refractivity contribution in [1.29, 1.82) is 0 Å². The minimum absolute atomic E-state index is 0.0305. The molecule has 1 aromatic rings. The van der Waals surface area contributed by atoms with Crippen LogP contribution in [0.1, 0.15) is 26.5 Å². The molecule has 0 unspecified atom stereocenters. The third kappa shape index (κ3) is 4.90. The summed E-state index contributed by atoms with van der Waals surface area (Å²) in [5, 5.41) is 3.14. The molecule has 0 fully saturated rings. The molecule has 0 aliphatic carbocycles. The van der Waals surface area contributed by atoms with E-state index in [2.05, 4.69) is 5.32 Å². The van der Waals surface area contributed by atoms with Crippen LogP contribution in [0.3, 0.4) is 0 Å². The highest BCUT2D eigenvalue weighted by molar-refractivity contribution is 7.89. The van der Waals surface area contributed by atoms with Crippen LogP contribution in [-0.4, -0.2) is 45.6 Å². The van der Waals surface area contributed by atoms with Crippen LogP contribution in [0.2, 0.25) is 0 Å². The zero-order chi connectivity index (χ0) is 15.2. The molecular formula is C13H24N2O4S. The minimum atomic E-state index is -3.58. The van der Waals surface area contributed by atoms with Crippen molar-refractivity contribution in [2.75, 3.05) is 26.8 Å². The molecule has 116 valence electrons. The van der Waals surface area contributed by atoms with E-state index < -0.39 is 10.0 Å². The average Bonchev–Trinajstić information content (AvgIpc) is 2.86. The number of nitrogens with zero attached hydrogens (tertiary/aromatic N) is 1. The largest absolute Gasteiger partial charge is 0.447 e. The molecule has 0 saturated heterocycles. The summed E-state index contributed by atoms with van der Waals surface area (Å²) in [5.41, 5.74) is 0. The van der Waals surface area contributed by atoms with Crippen molar-refractivity contribution in [2.24, 2.45) is 0 Å². The molecule has 20 heavy (non-hydrogen) atoms. The summed E-state index contributed by atoms with van der Waals surface area (Å²) in [5.74, 6) is 0.607. The van der Waals surface area contributed by atoms with Gasteiger partial charge in [-0.3, -0.25) is 0 Å². The van der Waals surface area contributed by atoms with Crippen molar-refractivity contribution in [2.45, 2.75) is 38.5 Å². The van der Waals surface area contributed by atoms with Gasteiger partial charge in [0, 0.05) is 26.2 Å². The monoisotopic (exact) mass is 304 g/mol. The second-order valence-corrected chi connectivity index (χ2v) is 6.76. The summed E-state index contributed by atoms with van der Waals surface area (Å²) in [6, 6.07) is 3.48. The second kappa shape index (κ2) is 7.78. The van der Waals surface area contributed by atoms with Crippen LogP contribution in [0.5, 0.6) is 0 Å². The Balaban J connectivity index is 2.67. The standard InChI is InChI=1S/C13H24N2O4S/c1-5-18-9-8-15(4)20(16,17)13-7-6-12(19-13)10-14-11(2)3/h6-7,11,14H,5,8-10H2,1-4H3. The Morgan fingerprint density at radius 2 is 2.10 bits per heavy atom. The van der Waals surface area contributed by atoms with E-state index >= 15 is 0 Å². The molecule has 0 amide bonds. The Labute approximate surface area is 121 Å². The SMILES string of the molecule is CCOCCN(C)S(=O)(=O)c1ccc(CNC(C)C)o1.